The van der Waals surface area contributed by atoms with E-state index in [-0.39, 0.29) is 5.82 Å². The third-order valence-electron chi connectivity index (χ3n) is 4.07. The lowest BCUT2D eigenvalue weighted by Crippen LogP contribution is -2.10. The predicted molar refractivity (Wildman–Crippen MR) is 96.6 cm³/mol. The van der Waals surface area contributed by atoms with E-state index in [4.69, 9.17) is 4.98 Å². The molecule has 0 aliphatic heterocycles. The third kappa shape index (κ3) is 2.87. The van der Waals surface area contributed by atoms with Crippen molar-refractivity contribution < 1.29 is 4.92 Å². The summed E-state index contributed by atoms with van der Waals surface area (Å²) in [7, 11) is 0. The quantitative estimate of drug-likeness (QED) is 0.342. The zero-order valence-corrected chi connectivity index (χ0v) is 13.3. The number of aromatic nitrogens is 3. The number of pyridine rings is 1. The molecule has 0 fully saturated rings. The van der Waals surface area contributed by atoms with Crippen molar-refractivity contribution in [3.8, 4) is 0 Å². The summed E-state index contributed by atoms with van der Waals surface area (Å²) in [5, 5.41) is 16.3. The van der Waals surface area contributed by atoms with Crippen molar-refractivity contribution in [1.82, 2.24) is 14.5 Å². The van der Waals surface area contributed by atoms with E-state index in [1.165, 1.54) is 12.5 Å². The molecule has 2 aromatic heterocycles. The van der Waals surface area contributed by atoms with Crippen LogP contribution in [0.25, 0.3) is 21.8 Å². The Morgan fingerprint density at radius 1 is 1.04 bits per heavy atom. The summed E-state index contributed by atoms with van der Waals surface area (Å²) in [5.41, 5.74) is 2.89. The molecule has 7 nitrogen and oxygen atoms in total. The minimum Gasteiger partial charge on any atom is -0.382 e. The molecule has 4 aromatic rings. The molecular formula is C18H15N5O2. The highest BCUT2D eigenvalue weighted by Gasteiger charge is 2.11. The minimum absolute atomic E-state index is 0.139. The van der Waals surface area contributed by atoms with E-state index in [2.05, 4.69) is 10.3 Å². The fraction of sp³-hybridized carbons (Fsp3) is 0.111. The van der Waals surface area contributed by atoms with Crippen molar-refractivity contribution >= 4 is 33.3 Å². The summed E-state index contributed by atoms with van der Waals surface area (Å²) in [6.45, 7) is 1.19. The van der Waals surface area contributed by atoms with Gasteiger partial charge < -0.3 is 20.0 Å². The number of imidazole rings is 1. The Bertz CT molecular complexity index is 1020. The lowest BCUT2D eigenvalue weighted by atomic mass is 10.1. The van der Waals surface area contributed by atoms with Gasteiger partial charge >= 0.3 is 5.82 Å². The second-order valence-electron chi connectivity index (χ2n) is 5.67. The van der Waals surface area contributed by atoms with E-state index < -0.39 is 4.92 Å². The summed E-state index contributed by atoms with van der Waals surface area (Å²) in [6.07, 6.45) is 2.91. The van der Waals surface area contributed by atoms with Gasteiger partial charge in [0, 0.05) is 23.9 Å². The first-order valence-electron chi connectivity index (χ1n) is 7.90. The Kier molecular flexibility index (Phi) is 3.74. The van der Waals surface area contributed by atoms with Crippen LogP contribution in [0, 0.1) is 10.1 Å². The smallest absolute Gasteiger partial charge is 0.381 e. The number of hydrogen-bond donors (Lipinski definition) is 1. The fourth-order valence-electron chi connectivity index (χ4n) is 2.91. The second-order valence-corrected chi connectivity index (χ2v) is 5.67. The first kappa shape index (κ1) is 15.1. The summed E-state index contributed by atoms with van der Waals surface area (Å²) in [5.74, 6) is -0.139. The molecule has 1 N–H and O–H groups in total. The molecule has 0 atom stereocenters. The highest BCUT2D eigenvalue weighted by molar-refractivity contribution is 6.07. The van der Waals surface area contributed by atoms with Gasteiger partial charge in [-0.25, -0.2) is 4.98 Å². The van der Waals surface area contributed by atoms with Crippen LogP contribution in [-0.4, -0.2) is 26.0 Å². The topological polar surface area (TPSA) is 85.9 Å². The Hall–Kier alpha value is -3.48. The molecule has 2 heterocycles. The molecule has 0 saturated carbocycles. The van der Waals surface area contributed by atoms with Crippen LogP contribution in [0.1, 0.15) is 0 Å². The number of hydrogen-bond acceptors (Lipinski definition) is 5. The third-order valence-corrected chi connectivity index (χ3v) is 4.07. The number of nitro groups is 1. The molecule has 0 radical (unpaired) electrons. The molecule has 0 bridgehead atoms. The molecule has 0 aliphatic rings. The van der Waals surface area contributed by atoms with Crippen LogP contribution in [0.5, 0.6) is 0 Å². The van der Waals surface area contributed by atoms with Gasteiger partial charge in [-0.05, 0) is 22.0 Å². The van der Waals surface area contributed by atoms with Crippen molar-refractivity contribution in [3.05, 3.63) is 71.2 Å². The van der Waals surface area contributed by atoms with Crippen LogP contribution in [0.15, 0.2) is 61.1 Å². The fourth-order valence-corrected chi connectivity index (χ4v) is 2.91. The van der Waals surface area contributed by atoms with Gasteiger partial charge in [-0.1, -0.05) is 36.4 Å². The van der Waals surface area contributed by atoms with E-state index in [9.17, 15) is 10.1 Å². The maximum Gasteiger partial charge on any atom is 0.381 e. The maximum absolute atomic E-state index is 10.7. The summed E-state index contributed by atoms with van der Waals surface area (Å²) < 4.78 is 1.71. The number of anilines is 1. The van der Waals surface area contributed by atoms with Gasteiger partial charge in [0.05, 0.1) is 16.7 Å². The molecule has 7 heteroatoms. The molecule has 124 valence electrons. The highest BCUT2D eigenvalue weighted by Crippen LogP contribution is 2.30. The lowest BCUT2D eigenvalue weighted by molar-refractivity contribution is -0.389. The summed E-state index contributed by atoms with van der Waals surface area (Å²) in [4.78, 5) is 18.7. The van der Waals surface area contributed by atoms with Crippen LogP contribution in [0.4, 0.5) is 11.5 Å². The molecule has 2 aromatic carbocycles. The SMILES string of the molecule is O=[N+]([O-])c1cn(CCNc2c3ccccc3nc3ccccc23)cn1. The normalized spacial score (nSPS) is 11.0. The molecular weight excluding hydrogens is 318 g/mol. The maximum atomic E-state index is 10.7. The average molecular weight is 333 g/mol. The first-order chi connectivity index (χ1) is 12.2. The van der Waals surface area contributed by atoms with E-state index in [1.807, 2.05) is 48.5 Å². The van der Waals surface area contributed by atoms with Gasteiger partial charge in [0.2, 0.25) is 6.33 Å². The van der Waals surface area contributed by atoms with E-state index in [1.54, 1.807) is 4.57 Å². The number of nitrogens with one attached hydrogen (secondary N) is 1. The lowest BCUT2D eigenvalue weighted by Gasteiger charge is -2.13. The van der Waals surface area contributed by atoms with E-state index >= 15 is 0 Å². The van der Waals surface area contributed by atoms with Gasteiger partial charge in [0.25, 0.3) is 0 Å². The minimum atomic E-state index is -0.492. The Balaban J connectivity index is 1.64. The largest absolute Gasteiger partial charge is 0.382 e. The van der Waals surface area contributed by atoms with Crippen molar-refractivity contribution in [2.75, 3.05) is 11.9 Å². The van der Waals surface area contributed by atoms with Gasteiger partial charge in [-0.15, -0.1) is 0 Å². The molecule has 0 amide bonds. The average Bonchev–Trinajstić information content (AvgIpc) is 3.10. The molecule has 4 rings (SSSR count). The second kappa shape index (κ2) is 6.20. The van der Waals surface area contributed by atoms with Crippen molar-refractivity contribution in [1.29, 1.82) is 0 Å². The molecule has 0 unspecified atom stereocenters. The highest BCUT2D eigenvalue weighted by atomic mass is 16.6. The number of benzene rings is 2. The van der Waals surface area contributed by atoms with E-state index in [0.29, 0.717) is 13.1 Å². The molecule has 25 heavy (non-hydrogen) atoms. The standard InChI is InChI=1S/C18H15N5O2/c24-23(25)17-11-22(12-20-17)10-9-19-18-13-5-1-3-7-15(13)21-16-8-4-2-6-14(16)18/h1-8,11-12H,9-10H2,(H,19,21). The molecule has 0 spiro atoms. The monoisotopic (exact) mass is 333 g/mol. The molecule has 0 aliphatic carbocycles. The summed E-state index contributed by atoms with van der Waals surface area (Å²) in [6, 6.07) is 16.0. The summed E-state index contributed by atoms with van der Waals surface area (Å²) >= 11 is 0. The van der Waals surface area contributed by atoms with Crippen LogP contribution < -0.4 is 5.32 Å². The molecule has 0 saturated heterocycles. The number of fused-ring (bicyclic) bond motifs is 2. The van der Waals surface area contributed by atoms with Gasteiger partial charge in [0.15, 0.2) is 0 Å². The van der Waals surface area contributed by atoms with Gasteiger partial charge in [0.1, 0.15) is 6.20 Å². The van der Waals surface area contributed by atoms with Crippen molar-refractivity contribution in [2.24, 2.45) is 0 Å². The zero-order valence-electron chi connectivity index (χ0n) is 13.3. The van der Waals surface area contributed by atoms with Crippen LogP contribution in [0.2, 0.25) is 0 Å². The van der Waals surface area contributed by atoms with E-state index in [0.717, 1.165) is 27.5 Å². The van der Waals surface area contributed by atoms with Crippen molar-refractivity contribution in [2.45, 2.75) is 6.54 Å². The predicted octanol–water partition coefficient (Wildman–Crippen LogP) is 3.60. The number of nitrogens with zero attached hydrogens (tertiary/aromatic N) is 4. The van der Waals surface area contributed by atoms with Crippen LogP contribution in [0.3, 0.4) is 0 Å². The Morgan fingerprint density at radius 2 is 1.68 bits per heavy atom. The van der Waals surface area contributed by atoms with Crippen LogP contribution >= 0.6 is 0 Å². The van der Waals surface area contributed by atoms with Crippen LogP contribution in [-0.2, 0) is 6.54 Å². The number of para-hydroxylation sites is 2. The Labute approximate surface area is 143 Å². The number of rotatable bonds is 5. The van der Waals surface area contributed by atoms with Gasteiger partial charge in [-0.2, -0.15) is 0 Å². The van der Waals surface area contributed by atoms with Crippen molar-refractivity contribution in [3.63, 3.8) is 0 Å². The first-order valence-corrected chi connectivity index (χ1v) is 7.90. The Morgan fingerprint density at radius 3 is 2.28 bits per heavy atom. The zero-order chi connectivity index (χ0) is 17.2. The van der Waals surface area contributed by atoms with Gasteiger partial charge in [-0.3, -0.25) is 0 Å².